The summed E-state index contributed by atoms with van der Waals surface area (Å²) in [6.07, 6.45) is 7.73. The summed E-state index contributed by atoms with van der Waals surface area (Å²) in [6, 6.07) is 3.28. The second kappa shape index (κ2) is 11.7. The van der Waals surface area contributed by atoms with Gasteiger partial charge in [0.25, 0.3) is 0 Å². The summed E-state index contributed by atoms with van der Waals surface area (Å²) in [4.78, 5) is 46.8. The van der Waals surface area contributed by atoms with E-state index in [0.29, 0.717) is 42.2 Å². The predicted molar refractivity (Wildman–Crippen MR) is 148 cm³/mol. The van der Waals surface area contributed by atoms with Crippen molar-refractivity contribution in [3.8, 4) is 17.7 Å². The van der Waals surface area contributed by atoms with Crippen LogP contribution < -0.4 is 15.3 Å². The molecule has 0 unspecified atom stereocenters. The second-order valence-corrected chi connectivity index (χ2v) is 12.6. The molecule has 0 saturated heterocycles. The van der Waals surface area contributed by atoms with Crippen molar-refractivity contribution in [2.75, 3.05) is 4.90 Å². The number of aromatic carboxylic acids is 1. The number of carbonyl (C=O) groups is 2. The first-order chi connectivity index (χ1) is 18.0. The highest BCUT2D eigenvalue weighted by Crippen LogP contribution is 2.39. The van der Waals surface area contributed by atoms with Crippen LogP contribution in [0.4, 0.5) is 5.69 Å². The zero-order valence-corrected chi connectivity index (χ0v) is 23.4. The van der Waals surface area contributed by atoms with Crippen LogP contribution in [0.2, 0.25) is 0 Å². The molecule has 2 N–H and O–H groups in total. The lowest BCUT2D eigenvalue weighted by atomic mass is 9.81. The molecule has 0 bridgehead atoms. The van der Waals surface area contributed by atoms with E-state index in [-0.39, 0.29) is 40.1 Å². The number of aromatic nitrogens is 2. The second-order valence-electron chi connectivity index (χ2n) is 11.6. The fourth-order valence-electron chi connectivity index (χ4n) is 5.23. The molecule has 2 aromatic heterocycles. The summed E-state index contributed by atoms with van der Waals surface area (Å²) < 4.78 is 5.94. The van der Waals surface area contributed by atoms with Crippen LogP contribution >= 0.6 is 11.3 Å². The molecule has 1 amide bonds. The number of hydrogen-bond acceptors (Lipinski definition) is 6. The Labute approximate surface area is 227 Å². The molecule has 0 aliphatic heterocycles. The van der Waals surface area contributed by atoms with E-state index in [1.54, 1.807) is 17.0 Å². The molecule has 2 aliphatic rings. The minimum Gasteiger partial charge on any atom is -0.477 e. The van der Waals surface area contributed by atoms with Gasteiger partial charge in [-0.15, -0.1) is 11.3 Å². The topological polar surface area (TPSA) is 113 Å². The van der Waals surface area contributed by atoms with Gasteiger partial charge in [-0.1, -0.05) is 18.8 Å². The van der Waals surface area contributed by atoms with Gasteiger partial charge in [-0.3, -0.25) is 4.79 Å². The largest absolute Gasteiger partial charge is 0.477 e. The van der Waals surface area contributed by atoms with Gasteiger partial charge in [-0.05, 0) is 84.1 Å². The maximum Gasteiger partial charge on any atom is 0.348 e. The lowest BCUT2D eigenvalue weighted by molar-refractivity contribution is -0.124. The summed E-state index contributed by atoms with van der Waals surface area (Å²) in [6.45, 7) is 8.24. The molecule has 204 valence electrons. The highest BCUT2D eigenvalue weighted by Gasteiger charge is 2.38. The number of thiophene rings is 1. The highest BCUT2D eigenvalue weighted by atomic mass is 32.1. The average molecular weight is 540 g/mol. The normalized spacial score (nSPS) is 23.7. The van der Waals surface area contributed by atoms with Crippen molar-refractivity contribution in [3.63, 3.8) is 0 Å². The molecule has 2 aliphatic carbocycles. The molecule has 2 aromatic rings. The van der Waals surface area contributed by atoms with E-state index in [1.807, 2.05) is 20.8 Å². The molecule has 2 fully saturated rings. The number of hydrogen-bond donors (Lipinski definition) is 2. The predicted octanol–water partition coefficient (Wildman–Crippen LogP) is 5.48. The van der Waals surface area contributed by atoms with Crippen molar-refractivity contribution in [2.45, 2.75) is 91.2 Å². The van der Waals surface area contributed by atoms with Gasteiger partial charge in [0.05, 0.1) is 10.6 Å². The molecular weight excluding hydrogens is 502 g/mol. The van der Waals surface area contributed by atoms with Crippen molar-refractivity contribution in [3.05, 3.63) is 38.6 Å². The Hall–Kier alpha value is -3.12. The summed E-state index contributed by atoms with van der Waals surface area (Å²) >= 11 is 1.14. The zero-order chi connectivity index (χ0) is 27.4. The molecule has 2 heterocycles. The lowest BCUT2D eigenvalue weighted by Crippen LogP contribution is -2.47. The number of rotatable bonds is 6. The summed E-state index contributed by atoms with van der Waals surface area (Å²) in [7, 11) is 0. The minimum atomic E-state index is -1.04. The fourth-order valence-corrected chi connectivity index (χ4v) is 6.08. The zero-order valence-electron chi connectivity index (χ0n) is 22.6. The highest BCUT2D eigenvalue weighted by molar-refractivity contribution is 7.15. The number of carbonyl (C=O) groups excluding carboxylic acids is 1. The Morgan fingerprint density at radius 1 is 1.13 bits per heavy atom. The van der Waals surface area contributed by atoms with Gasteiger partial charge in [0.15, 0.2) is 0 Å². The first kappa shape index (κ1) is 27.9. The number of H-pyrrole nitrogens is 1. The number of anilines is 1. The van der Waals surface area contributed by atoms with Crippen LogP contribution in [0.5, 0.6) is 5.88 Å². The smallest absolute Gasteiger partial charge is 0.348 e. The van der Waals surface area contributed by atoms with E-state index in [0.717, 1.165) is 37.0 Å². The van der Waals surface area contributed by atoms with Crippen molar-refractivity contribution in [1.29, 1.82) is 0 Å². The van der Waals surface area contributed by atoms with E-state index in [9.17, 15) is 19.5 Å². The van der Waals surface area contributed by atoms with Gasteiger partial charge in [-0.2, -0.15) is 4.98 Å². The van der Waals surface area contributed by atoms with Gasteiger partial charge < -0.3 is 19.7 Å². The third kappa shape index (κ3) is 7.04. The Kier molecular flexibility index (Phi) is 8.61. The van der Waals surface area contributed by atoms with Gasteiger partial charge in [-0.25, -0.2) is 9.59 Å². The Balaban J connectivity index is 1.61. The first-order valence-electron chi connectivity index (χ1n) is 13.5. The number of aromatic amines is 1. The van der Waals surface area contributed by atoms with E-state index in [2.05, 4.69) is 28.7 Å². The quantitative estimate of drug-likeness (QED) is 0.470. The van der Waals surface area contributed by atoms with Gasteiger partial charge in [0, 0.05) is 29.6 Å². The number of nitrogens with one attached hydrogen (secondary N) is 1. The van der Waals surface area contributed by atoms with Crippen LogP contribution in [0.25, 0.3) is 0 Å². The Bertz CT molecular complexity index is 1270. The van der Waals surface area contributed by atoms with Crippen LogP contribution in [-0.2, 0) is 4.79 Å². The molecule has 0 aromatic carbocycles. The summed E-state index contributed by atoms with van der Waals surface area (Å²) in [5.41, 5.74) is -0.220. The lowest BCUT2D eigenvalue weighted by Gasteiger charge is -2.39. The number of carboxylic acids is 1. The molecule has 38 heavy (non-hydrogen) atoms. The van der Waals surface area contributed by atoms with E-state index in [1.165, 1.54) is 6.20 Å². The standard InChI is InChI=1S/C29H37N3O5S/c1-18-5-7-19(8-6-18)26(33)32(23-17-22(13-15-29(2,3)4)38-25(23)27(34)35)20-9-11-21(12-10-20)37-24-14-16-30-28(36)31-24/h14,16-21H,5-12H2,1-4H3,(H,34,35)(H,30,31,36). The SMILES string of the molecule is CC1CCC(C(=O)N(c2cc(C#CC(C)(C)C)sc2C(=O)O)C2CCC(Oc3cc[nH]c(=O)n3)CC2)CC1. The molecule has 4 rings (SSSR count). The van der Waals surface area contributed by atoms with E-state index < -0.39 is 11.7 Å². The molecule has 2 saturated carbocycles. The monoisotopic (exact) mass is 539 g/mol. The van der Waals surface area contributed by atoms with Crippen LogP contribution in [0.1, 0.15) is 93.6 Å². The van der Waals surface area contributed by atoms with Crippen LogP contribution in [0.15, 0.2) is 23.1 Å². The average Bonchev–Trinajstić information content (AvgIpc) is 3.28. The molecule has 0 radical (unpaired) electrons. The summed E-state index contributed by atoms with van der Waals surface area (Å²) in [5, 5.41) is 10.1. The Morgan fingerprint density at radius 3 is 2.42 bits per heavy atom. The maximum atomic E-state index is 14.0. The van der Waals surface area contributed by atoms with Crippen molar-refractivity contribution in [1.82, 2.24) is 9.97 Å². The van der Waals surface area contributed by atoms with Crippen molar-refractivity contribution in [2.24, 2.45) is 17.3 Å². The third-order valence-corrected chi connectivity index (χ3v) is 8.30. The number of nitrogens with zero attached hydrogens (tertiary/aromatic N) is 2. The van der Waals surface area contributed by atoms with E-state index >= 15 is 0 Å². The molecule has 0 spiro atoms. The fraction of sp³-hybridized carbons (Fsp3) is 0.586. The Morgan fingerprint density at radius 2 is 1.82 bits per heavy atom. The number of carboxylic acid groups (broad SMARTS) is 1. The molecule has 8 nitrogen and oxygen atoms in total. The number of ether oxygens (including phenoxy) is 1. The summed E-state index contributed by atoms with van der Waals surface area (Å²) in [5.74, 6) is 6.08. The maximum absolute atomic E-state index is 14.0. The minimum absolute atomic E-state index is 0.0214. The van der Waals surface area contributed by atoms with Crippen LogP contribution in [0, 0.1) is 29.1 Å². The van der Waals surface area contributed by atoms with Gasteiger partial charge >= 0.3 is 11.7 Å². The number of amides is 1. The van der Waals surface area contributed by atoms with Crippen LogP contribution in [-0.4, -0.2) is 39.1 Å². The third-order valence-electron chi connectivity index (χ3n) is 7.27. The van der Waals surface area contributed by atoms with Crippen molar-refractivity contribution < 1.29 is 19.4 Å². The van der Waals surface area contributed by atoms with Gasteiger partial charge in [0.2, 0.25) is 11.8 Å². The first-order valence-corrected chi connectivity index (χ1v) is 14.3. The molecule has 0 atom stereocenters. The van der Waals surface area contributed by atoms with Crippen molar-refractivity contribution >= 4 is 28.9 Å². The van der Waals surface area contributed by atoms with E-state index in [4.69, 9.17) is 4.74 Å². The van der Waals surface area contributed by atoms with Crippen LogP contribution in [0.3, 0.4) is 0 Å². The molecular formula is C29H37N3O5S. The van der Waals surface area contributed by atoms with Gasteiger partial charge in [0.1, 0.15) is 11.0 Å². The molecule has 9 heteroatoms.